The summed E-state index contributed by atoms with van der Waals surface area (Å²) in [6, 6.07) is 18.6. The Balaban J connectivity index is 1.65. The summed E-state index contributed by atoms with van der Waals surface area (Å²) in [7, 11) is 1.70. The van der Waals surface area contributed by atoms with E-state index in [4.69, 9.17) is 22.3 Å². The lowest BCUT2D eigenvalue weighted by Gasteiger charge is -2.43. The molecule has 1 spiro atoms. The minimum Gasteiger partial charge on any atom is -0.369 e. The van der Waals surface area contributed by atoms with Crippen molar-refractivity contribution in [1.82, 2.24) is 9.88 Å². The minimum atomic E-state index is -1.02. The van der Waals surface area contributed by atoms with Crippen molar-refractivity contribution in [2.75, 3.05) is 7.05 Å². The molecule has 1 aliphatic carbocycles. The van der Waals surface area contributed by atoms with Gasteiger partial charge in [-0.2, -0.15) is 0 Å². The summed E-state index contributed by atoms with van der Waals surface area (Å²) in [6.45, 7) is 2.25. The van der Waals surface area contributed by atoms with Gasteiger partial charge >= 0.3 is 0 Å². The van der Waals surface area contributed by atoms with Crippen LogP contribution >= 0.6 is 11.6 Å². The topological polar surface area (TPSA) is 71.6 Å². The van der Waals surface area contributed by atoms with Gasteiger partial charge in [-0.3, -0.25) is 14.7 Å². The average Bonchev–Trinajstić information content (AvgIpc) is 2.97. The highest BCUT2D eigenvalue weighted by Crippen LogP contribution is 2.51. The molecule has 0 fully saturated rings. The molecule has 1 aromatic heterocycles. The van der Waals surface area contributed by atoms with Crippen LogP contribution in [0.3, 0.4) is 0 Å². The molecule has 162 valence electrons. The Morgan fingerprint density at radius 1 is 1.09 bits per heavy atom. The number of fused-ring (bicyclic) bond motifs is 2. The van der Waals surface area contributed by atoms with Crippen LogP contribution < -0.4 is 5.73 Å². The highest BCUT2D eigenvalue weighted by atomic mass is 35.5. The minimum absolute atomic E-state index is 0.0726. The molecule has 5 rings (SSSR count). The Bertz CT molecular complexity index is 1240. The number of likely N-dealkylation sites (N-methyl/N-ethyl adjacent to an activating group) is 1. The lowest BCUT2D eigenvalue weighted by Crippen LogP contribution is -2.47. The Kier molecular flexibility index (Phi) is 4.82. The number of hydrogen-bond acceptors (Lipinski definition) is 4. The van der Waals surface area contributed by atoms with E-state index in [0.29, 0.717) is 11.4 Å². The number of nitrogens with two attached hydrogens (primary N) is 1. The second-order valence-corrected chi connectivity index (χ2v) is 9.72. The van der Waals surface area contributed by atoms with E-state index in [1.54, 1.807) is 19.4 Å². The molecule has 6 heteroatoms. The summed E-state index contributed by atoms with van der Waals surface area (Å²) in [5.74, 6) is 0.191. The van der Waals surface area contributed by atoms with Gasteiger partial charge in [0.2, 0.25) is 0 Å². The summed E-state index contributed by atoms with van der Waals surface area (Å²) in [4.78, 5) is 24.1. The van der Waals surface area contributed by atoms with Gasteiger partial charge in [-0.15, -0.1) is 0 Å². The van der Waals surface area contributed by atoms with Crippen molar-refractivity contribution in [2.24, 2.45) is 16.1 Å². The van der Waals surface area contributed by atoms with Crippen LogP contribution in [-0.2, 0) is 23.2 Å². The maximum atomic E-state index is 13.6. The monoisotopic (exact) mass is 444 g/mol. The number of carbonyl (C=O) groups excluding carboxylic acids is 1. The number of amides is 1. The zero-order chi connectivity index (χ0) is 22.5. The van der Waals surface area contributed by atoms with Crippen molar-refractivity contribution < 1.29 is 4.79 Å². The molecule has 1 aliphatic heterocycles. The van der Waals surface area contributed by atoms with Crippen LogP contribution in [0.15, 0.2) is 72.0 Å². The first kappa shape index (κ1) is 20.7. The number of guanidine groups is 1. The number of nitrogens with zero attached hydrogens (tertiary/aromatic N) is 3. The predicted octanol–water partition coefficient (Wildman–Crippen LogP) is 4.58. The predicted molar refractivity (Wildman–Crippen MR) is 127 cm³/mol. The Hall–Kier alpha value is -3.18. The number of rotatable bonds is 3. The summed E-state index contributed by atoms with van der Waals surface area (Å²) < 4.78 is 0. The molecule has 2 atom stereocenters. The molecule has 3 aromatic rings. The fourth-order valence-electron chi connectivity index (χ4n) is 5.30. The Morgan fingerprint density at radius 3 is 2.56 bits per heavy atom. The number of halogens is 1. The highest BCUT2D eigenvalue weighted by molar-refractivity contribution is 6.30. The molecule has 2 aliphatic rings. The Morgan fingerprint density at radius 2 is 1.88 bits per heavy atom. The lowest BCUT2D eigenvalue weighted by molar-refractivity contribution is -0.132. The van der Waals surface area contributed by atoms with Gasteiger partial charge in [-0.25, -0.2) is 4.99 Å². The highest BCUT2D eigenvalue weighted by Gasteiger charge is 2.55. The second-order valence-electron chi connectivity index (χ2n) is 9.28. The number of pyridine rings is 1. The maximum absolute atomic E-state index is 13.6. The van der Waals surface area contributed by atoms with E-state index in [-0.39, 0.29) is 17.3 Å². The molecule has 0 saturated heterocycles. The van der Waals surface area contributed by atoms with Crippen molar-refractivity contribution in [2.45, 2.75) is 31.7 Å². The van der Waals surface area contributed by atoms with Gasteiger partial charge in [-0.1, -0.05) is 61.0 Å². The number of benzene rings is 2. The van der Waals surface area contributed by atoms with E-state index in [9.17, 15) is 4.79 Å². The molecule has 0 bridgehead atoms. The van der Waals surface area contributed by atoms with E-state index in [2.05, 4.69) is 54.4 Å². The van der Waals surface area contributed by atoms with Gasteiger partial charge < -0.3 is 5.73 Å². The molecule has 32 heavy (non-hydrogen) atoms. The number of aliphatic imine (C=N–C) groups is 1. The van der Waals surface area contributed by atoms with Gasteiger partial charge in [0.1, 0.15) is 0 Å². The van der Waals surface area contributed by atoms with E-state index in [0.717, 1.165) is 35.1 Å². The normalized spacial score (nSPS) is 24.5. The molecule has 1 amide bonds. The molecule has 2 aromatic carbocycles. The lowest BCUT2D eigenvalue weighted by atomic mass is 9.62. The first-order chi connectivity index (χ1) is 15.3. The van der Waals surface area contributed by atoms with E-state index in [1.165, 1.54) is 10.5 Å². The first-order valence-electron chi connectivity index (χ1n) is 10.7. The number of aromatic nitrogens is 1. The maximum Gasteiger partial charge on any atom is 0.261 e. The molecule has 0 saturated carbocycles. The van der Waals surface area contributed by atoms with Crippen LogP contribution in [-0.4, -0.2) is 28.8 Å². The molecule has 2 heterocycles. The summed E-state index contributed by atoms with van der Waals surface area (Å²) in [5.41, 5.74) is 10.2. The zero-order valence-corrected chi connectivity index (χ0v) is 18.9. The van der Waals surface area contributed by atoms with Crippen LogP contribution in [0.1, 0.15) is 30.0 Å². The van der Waals surface area contributed by atoms with Crippen molar-refractivity contribution in [3.63, 3.8) is 0 Å². The van der Waals surface area contributed by atoms with Crippen LogP contribution in [0.5, 0.6) is 0 Å². The van der Waals surface area contributed by atoms with Gasteiger partial charge in [-0.05, 0) is 59.1 Å². The van der Waals surface area contributed by atoms with Crippen molar-refractivity contribution in [3.8, 4) is 11.1 Å². The van der Waals surface area contributed by atoms with E-state index in [1.807, 2.05) is 12.1 Å². The standard InChI is InChI=1S/C26H25ClN4O/c1-25(12-17-6-4-3-5-7-17)13-19-9-8-18(20-10-21(27)15-29-14-20)11-22(19)26(16-25)23(32)31(2)24(28)30-26/h3-11,14-15H,12-13,16H2,1-2H3,(H2,28,30)/t25-,26?/m1/s1. The summed E-state index contributed by atoms with van der Waals surface area (Å²) >= 11 is 6.17. The average molecular weight is 445 g/mol. The first-order valence-corrected chi connectivity index (χ1v) is 11.1. The zero-order valence-electron chi connectivity index (χ0n) is 18.2. The largest absolute Gasteiger partial charge is 0.369 e. The third-order valence-electron chi connectivity index (χ3n) is 6.67. The fourth-order valence-corrected chi connectivity index (χ4v) is 5.48. The van der Waals surface area contributed by atoms with Gasteiger partial charge in [0.15, 0.2) is 11.5 Å². The van der Waals surface area contributed by atoms with Gasteiger partial charge in [0, 0.05) is 25.0 Å². The third kappa shape index (κ3) is 3.37. The van der Waals surface area contributed by atoms with Crippen LogP contribution in [0.2, 0.25) is 5.02 Å². The van der Waals surface area contributed by atoms with Gasteiger partial charge in [0.05, 0.1) is 5.02 Å². The molecular formula is C26H25ClN4O. The van der Waals surface area contributed by atoms with Crippen molar-refractivity contribution in [3.05, 3.63) is 88.7 Å². The van der Waals surface area contributed by atoms with Crippen molar-refractivity contribution >= 4 is 23.5 Å². The molecular weight excluding hydrogens is 420 g/mol. The van der Waals surface area contributed by atoms with Gasteiger partial charge in [0.25, 0.3) is 5.91 Å². The SMILES string of the molecule is CN1C(=O)C2(C[C@](C)(Cc3ccccc3)Cc3ccc(-c4cncc(Cl)c4)cc32)N=C1N. The number of hydrogen-bond donors (Lipinski definition) is 1. The number of carbonyl (C=O) groups is 1. The summed E-state index contributed by atoms with van der Waals surface area (Å²) in [5, 5.41) is 0.573. The summed E-state index contributed by atoms with van der Waals surface area (Å²) in [6.07, 6.45) is 5.72. The quantitative estimate of drug-likeness (QED) is 0.642. The second kappa shape index (κ2) is 7.45. The molecule has 2 N–H and O–H groups in total. The molecule has 0 radical (unpaired) electrons. The van der Waals surface area contributed by atoms with Crippen LogP contribution in [0.4, 0.5) is 0 Å². The third-order valence-corrected chi connectivity index (χ3v) is 6.88. The van der Waals surface area contributed by atoms with E-state index >= 15 is 0 Å². The van der Waals surface area contributed by atoms with Crippen molar-refractivity contribution in [1.29, 1.82) is 0 Å². The fraction of sp³-hybridized carbons (Fsp3) is 0.269. The van der Waals surface area contributed by atoms with Crippen LogP contribution in [0.25, 0.3) is 11.1 Å². The van der Waals surface area contributed by atoms with E-state index < -0.39 is 5.54 Å². The Labute approximate surface area is 192 Å². The molecule has 1 unspecified atom stereocenters. The van der Waals surface area contributed by atoms with Crippen LogP contribution in [0, 0.1) is 5.41 Å². The molecule has 5 nitrogen and oxygen atoms in total. The smallest absolute Gasteiger partial charge is 0.261 e.